The molecule has 1 aromatic rings. The Bertz CT molecular complexity index is 457. The maximum Gasteiger partial charge on any atom is 0.455 e. The molecule has 4 nitrogen and oxygen atoms in total. The fraction of sp³-hybridized carbons (Fsp3) is 0.455. The molecule has 0 fully saturated rings. The summed E-state index contributed by atoms with van der Waals surface area (Å²) < 4.78 is 21.0. The lowest BCUT2D eigenvalue weighted by molar-refractivity contribution is 0.323. The number of halogens is 1. The first-order valence-corrected chi connectivity index (χ1v) is 7.09. The summed E-state index contributed by atoms with van der Waals surface area (Å²) in [6, 6.07) is 5.27. The second-order valence-electron chi connectivity index (χ2n) is 4.71. The zero-order valence-electron chi connectivity index (χ0n) is 10.4. The second-order valence-corrected chi connectivity index (χ2v) is 6.74. The Morgan fingerprint density at radius 3 is 2.35 bits per heavy atom. The molecular weight excluding hydrogens is 261 g/mol. The lowest BCUT2D eigenvalue weighted by Gasteiger charge is -2.20. The quantitative estimate of drug-likeness (QED) is 0.855. The molecule has 1 unspecified atom stereocenters. The Morgan fingerprint density at radius 2 is 1.94 bits per heavy atom. The van der Waals surface area contributed by atoms with E-state index in [0.717, 1.165) is 5.56 Å². The van der Waals surface area contributed by atoms with Crippen LogP contribution in [0.3, 0.4) is 0 Å². The minimum atomic E-state index is -3.56. The van der Waals surface area contributed by atoms with Gasteiger partial charge in [-0.2, -0.15) is 0 Å². The minimum Gasteiger partial charge on any atom is -0.412 e. The van der Waals surface area contributed by atoms with E-state index in [4.69, 9.17) is 21.6 Å². The van der Waals surface area contributed by atoms with Crippen molar-refractivity contribution in [3.63, 3.8) is 0 Å². The van der Waals surface area contributed by atoms with Gasteiger partial charge in [0.15, 0.2) is 0 Å². The Hall–Kier alpha value is -0.540. The van der Waals surface area contributed by atoms with Crippen LogP contribution < -0.4 is 10.0 Å². The van der Waals surface area contributed by atoms with Gasteiger partial charge in [0.2, 0.25) is 0 Å². The summed E-state index contributed by atoms with van der Waals surface area (Å²) in [6.07, 6.45) is 0. The number of nitrogens with two attached hydrogens (primary N) is 1. The molecule has 6 heteroatoms. The van der Waals surface area contributed by atoms with Gasteiger partial charge >= 0.3 is 7.75 Å². The molecule has 0 saturated heterocycles. The zero-order valence-corrected chi connectivity index (χ0v) is 12.0. The van der Waals surface area contributed by atoms with Crippen molar-refractivity contribution in [2.24, 2.45) is 5.50 Å². The van der Waals surface area contributed by atoms with Crippen LogP contribution in [-0.4, -0.2) is 7.11 Å². The Labute approximate surface area is 107 Å². The molecule has 0 aliphatic rings. The first-order chi connectivity index (χ1) is 7.65. The van der Waals surface area contributed by atoms with Crippen molar-refractivity contribution in [3.8, 4) is 5.75 Å². The normalized spacial score (nSPS) is 15.4. The van der Waals surface area contributed by atoms with Gasteiger partial charge < -0.3 is 4.52 Å². The summed E-state index contributed by atoms with van der Waals surface area (Å²) in [5, 5.41) is 0.361. The summed E-state index contributed by atoms with van der Waals surface area (Å²) in [7, 11) is -2.34. The fourth-order valence-electron chi connectivity index (χ4n) is 1.22. The van der Waals surface area contributed by atoms with Crippen LogP contribution in [-0.2, 0) is 14.5 Å². The molecule has 96 valence electrons. The van der Waals surface area contributed by atoms with Gasteiger partial charge in [-0.05, 0) is 23.1 Å². The maximum absolute atomic E-state index is 11.5. The van der Waals surface area contributed by atoms with E-state index in [1.54, 1.807) is 12.1 Å². The van der Waals surface area contributed by atoms with E-state index in [1.165, 1.54) is 7.11 Å². The van der Waals surface area contributed by atoms with Crippen LogP contribution in [0.4, 0.5) is 0 Å². The van der Waals surface area contributed by atoms with Gasteiger partial charge in [0.05, 0.1) is 5.02 Å². The van der Waals surface area contributed by atoms with Crippen LogP contribution in [0.2, 0.25) is 5.02 Å². The zero-order chi connectivity index (χ0) is 13.3. The highest BCUT2D eigenvalue weighted by atomic mass is 35.5. The van der Waals surface area contributed by atoms with Gasteiger partial charge in [0.25, 0.3) is 0 Å². The number of hydrogen-bond donors (Lipinski definition) is 1. The van der Waals surface area contributed by atoms with E-state index < -0.39 is 7.75 Å². The largest absolute Gasteiger partial charge is 0.455 e. The fourth-order valence-corrected chi connectivity index (χ4v) is 2.00. The van der Waals surface area contributed by atoms with E-state index in [9.17, 15) is 4.57 Å². The second kappa shape index (κ2) is 4.99. The maximum atomic E-state index is 11.5. The lowest BCUT2D eigenvalue weighted by Crippen LogP contribution is -2.11. The third-order valence-corrected chi connectivity index (χ3v) is 3.53. The Morgan fingerprint density at radius 1 is 1.35 bits per heavy atom. The molecule has 2 N–H and O–H groups in total. The molecule has 0 amide bonds. The molecule has 1 aromatic carbocycles. The topological polar surface area (TPSA) is 61.5 Å². The minimum absolute atomic E-state index is 0.0180. The molecule has 0 spiro atoms. The highest BCUT2D eigenvalue weighted by molar-refractivity contribution is 7.51. The summed E-state index contributed by atoms with van der Waals surface area (Å²) in [6.45, 7) is 6.21. The molecule has 0 bridgehead atoms. The average molecular weight is 278 g/mol. The average Bonchev–Trinajstić information content (AvgIpc) is 2.19. The highest BCUT2D eigenvalue weighted by Gasteiger charge is 2.21. The molecule has 1 atom stereocenters. The van der Waals surface area contributed by atoms with Crippen molar-refractivity contribution in [2.45, 2.75) is 26.2 Å². The van der Waals surface area contributed by atoms with Gasteiger partial charge in [-0.3, -0.25) is 4.52 Å². The van der Waals surface area contributed by atoms with Crippen molar-refractivity contribution in [2.75, 3.05) is 7.11 Å². The summed E-state index contributed by atoms with van der Waals surface area (Å²) in [4.78, 5) is 0. The van der Waals surface area contributed by atoms with Crippen molar-refractivity contribution in [1.29, 1.82) is 0 Å². The van der Waals surface area contributed by atoms with E-state index in [2.05, 4.69) is 25.3 Å². The smallest absolute Gasteiger partial charge is 0.412 e. The van der Waals surface area contributed by atoms with Gasteiger partial charge in [0, 0.05) is 7.11 Å². The van der Waals surface area contributed by atoms with Crippen molar-refractivity contribution < 1.29 is 13.6 Å². The summed E-state index contributed by atoms with van der Waals surface area (Å²) >= 11 is 6.04. The van der Waals surface area contributed by atoms with Crippen molar-refractivity contribution in [3.05, 3.63) is 28.8 Å². The van der Waals surface area contributed by atoms with Gasteiger partial charge in [-0.25, -0.2) is 10.1 Å². The summed E-state index contributed by atoms with van der Waals surface area (Å²) in [5.41, 5.74) is 6.33. The number of benzene rings is 1. The van der Waals surface area contributed by atoms with E-state index in [0.29, 0.717) is 5.02 Å². The first-order valence-electron chi connectivity index (χ1n) is 5.10. The molecule has 0 aliphatic carbocycles. The van der Waals surface area contributed by atoms with Crippen LogP contribution in [0.25, 0.3) is 0 Å². The molecule has 17 heavy (non-hydrogen) atoms. The third kappa shape index (κ3) is 4.00. The van der Waals surface area contributed by atoms with Crippen LogP contribution >= 0.6 is 19.3 Å². The van der Waals surface area contributed by atoms with Crippen LogP contribution in [0.5, 0.6) is 5.75 Å². The predicted molar refractivity (Wildman–Crippen MR) is 69.6 cm³/mol. The van der Waals surface area contributed by atoms with Crippen LogP contribution in [0.15, 0.2) is 18.2 Å². The van der Waals surface area contributed by atoms with E-state index in [1.807, 2.05) is 6.07 Å². The first kappa shape index (κ1) is 14.5. The molecule has 0 aliphatic heterocycles. The van der Waals surface area contributed by atoms with Gasteiger partial charge in [0.1, 0.15) is 5.75 Å². The number of rotatable bonds is 3. The van der Waals surface area contributed by atoms with Crippen LogP contribution in [0, 0.1) is 0 Å². The van der Waals surface area contributed by atoms with Crippen LogP contribution in [0.1, 0.15) is 26.3 Å². The SMILES string of the molecule is COP(N)(=O)Oc1ccc(C(C)(C)C)cc1Cl. The molecule has 0 heterocycles. The van der Waals surface area contributed by atoms with Gasteiger partial charge in [-0.1, -0.05) is 38.4 Å². The Balaban J connectivity index is 3.03. The molecule has 0 radical (unpaired) electrons. The molecule has 0 aromatic heterocycles. The molecule has 0 saturated carbocycles. The van der Waals surface area contributed by atoms with Crippen molar-refractivity contribution >= 4 is 19.3 Å². The lowest BCUT2D eigenvalue weighted by atomic mass is 9.87. The summed E-state index contributed by atoms with van der Waals surface area (Å²) in [5.74, 6) is 0.257. The standard InChI is InChI=1S/C11H17ClNO3P/c1-11(2,3)8-5-6-10(9(12)7-8)16-17(13,14)15-4/h5-7H,1-4H3,(H2,13,14). The van der Waals surface area contributed by atoms with E-state index >= 15 is 0 Å². The third-order valence-electron chi connectivity index (χ3n) is 2.28. The van der Waals surface area contributed by atoms with E-state index in [-0.39, 0.29) is 11.2 Å². The Kier molecular flexibility index (Phi) is 4.26. The molecule has 1 rings (SSSR count). The molecular formula is C11H17ClNO3P. The van der Waals surface area contributed by atoms with Gasteiger partial charge in [-0.15, -0.1) is 0 Å². The predicted octanol–water partition coefficient (Wildman–Crippen LogP) is 3.73. The number of hydrogen-bond acceptors (Lipinski definition) is 3. The van der Waals surface area contributed by atoms with Crippen molar-refractivity contribution in [1.82, 2.24) is 0 Å². The monoisotopic (exact) mass is 277 g/mol. The highest BCUT2D eigenvalue weighted by Crippen LogP contribution is 2.42.